The Bertz CT molecular complexity index is 459. The number of carbonyl (C=O) groups is 1. The predicted molar refractivity (Wildman–Crippen MR) is 79.3 cm³/mol. The van der Waals surface area contributed by atoms with Crippen LogP contribution in [-0.2, 0) is 5.41 Å². The molecule has 106 valence electrons. The molecular weight excluding hydrogens is 238 g/mol. The minimum absolute atomic E-state index is 0.0446. The van der Waals surface area contributed by atoms with Crippen molar-refractivity contribution in [3.63, 3.8) is 0 Å². The lowest BCUT2D eigenvalue weighted by Crippen LogP contribution is -2.17. The molecule has 0 saturated heterocycles. The minimum Gasteiger partial charge on any atom is -0.496 e. The molecule has 0 bridgehead atoms. The Morgan fingerprint density at radius 2 is 1.95 bits per heavy atom. The van der Waals surface area contributed by atoms with Crippen molar-refractivity contribution in [2.45, 2.75) is 39.5 Å². The van der Waals surface area contributed by atoms with Gasteiger partial charge in [0, 0.05) is 24.1 Å². The number of Topliss-reactive ketones (excluding diaryl/α,β-unsaturated/α-hetero) is 1. The zero-order valence-corrected chi connectivity index (χ0v) is 12.9. The number of ether oxygens (including phenoxy) is 1. The second-order valence-corrected chi connectivity index (χ2v) is 5.89. The van der Waals surface area contributed by atoms with E-state index in [1.807, 2.05) is 26.1 Å². The molecule has 0 aliphatic rings. The maximum absolute atomic E-state index is 12.2. The number of ketones is 1. The maximum atomic E-state index is 12.2. The van der Waals surface area contributed by atoms with Gasteiger partial charge in [-0.2, -0.15) is 0 Å². The van der Waals surface area contributed by atoms with Crippen LogP contribution in [-0.4, -0.2) is 26.5 Å². The zero-order valence-electron chi connectivity index (χ0n) is 12.9. The van der Waals surface area contributed by atoms with E-state index in [0.29, 0.717) is 13.0 Å². The number of hydrogen-bond donors (Lipinski definition) is 1. The first kappa shape index (κ1) is 15.7. The van der Waals surface area contributed by atoms with E-state index in [2.05, 4.69) is 26.1 Å². The average molecular weight is 263 g/mol. The molecule has 19 heavy (non-hydrogen) atoms. The number of methoxy groups -OCH3 is 1. The zero-order chi connectivity index (χ0) is 14.6. The Morgan fingerprint density at radius 1 is 1.32 bits per heavy atom. The summed E-state index contributed by atoms with van der Waals surface area (Å²) in [5.41, 5.74) is 2.82. The molecule has 0 saturated carbocycles. The van der Waals surface area contributed by atoms with Gasteiger partial charge in [0.05, 0.1) is 7.11 Å². The van der Waals surface area contributed by atoms with Gasteiger partial charge in [-0.05, 0) is 37.1 Å². The molecule has 0 aliphatic heterocycles. The third-order valence-electron chi connectivity index (χ3n) is 3.26. The normalized spacial score (nSPS) is 11.5. The molecule has 3 nitrogen and oxygen atoms in total. The van der Waals surface area contributed by atoms with Crippen LogP contribution in [0, 0.1) is 6.92 Å². The van der Waals surface area contributed by atoms with E-state index in [-0.39, 0.29) is 11.2 Å². The van der Waals surface area contributed by atoms with Gasteiger partial charge in [-0.15, -0.1) is 0 Å². The molecule has 0 atom stereocenters. The Morgan fingerprint density at radius 3 is 2.42 bits per heavy atom. The molecular formula is C16H25NO2. The van der Waals surface area contributed by atoms with Crippen molar-refractivity contribution >= 4 is 5.78 Å². The van der Waals surface area contributed by atoms with Crippen LogP contribution < -0.4 is 10.1 Å². The number of hydrogen-bond acceptors (Lipinski definition) is 3. The Hall–Kier alpha value is -1.35. The van der Waals surface area contributed by atoms with Crippen molar-refractivity contribution in [1.82, 2.24) is 5.32 Å². The molecule has 1 rings (SSSR count). The van der Waals surface area contributed by atoms with Gasteiger partial charge >= 0.3 is 0 Å². The topological polar surface area (TPSA) is 38.3 Å². The summed E-state index contributed by atoms with van der Waals surface area (Å²) in [6, 6.07) is 3.96. The van der Waals surface area contributed by atoms with Crippen molar-refractivity contribution in [2.24, 2.45) is 0 Å². The quantitative estimate of drug-likeness (QED) is 0.830. The number of nitrogens with one attached hydrogen (secondary N) is 1. The largest absolute Gasteiger partial charge is 0.496 e. The summed E-state index contributed by atoms with van der Waals surface area (Å²) in [6.45, 7) is 9.04. The molecule has 0 aliphatic carbocycles. The van der Waals surface area contributed by atoms with Crippen LogP contribution >= 0.6 is 0 Å². The number of carbonyl (C=O) groups excluding carboxylic acids is 1. The molecule has 0 spiro atoms. The summed E-state index contributed by atoms with van der Waals surface area (Å²) < 4.78 is 5.44. The highest BCUT2D eigenvalue weighted by Gasteiger charge is 2.22. The molecule has 0 amide bonds. The lowest BCUT2D eigenvalue weighted by atomic mass is 9.83. The van der Waals surface area contributed by atoms with Gasteiger partial charge < -0.3 is 10.1 Å². The van der Waals surface area contributed by atoms with Crippen LogP contribution in [0.2, 0.25) is 0 Å². The van der Waals surface area contributed by atoms with Crippen LogP contribution in [0.1, 0.15) is 48.7 Å². The van der Waals surface area contributed by atoms with Gasteiger partial charge in [0.1, 0.15) is 5.75 Å². The van der Waals surface area contributed by atoms with Crippen LogP contribution in [0.5, 0.6) is 5.75 Å². The lowest BCUT2D eigenvalue weighted by molar-refractivity contribution is 0.0982. The standard InChI is InChI=1S/C16H25NO2/c1-11-9-15(19-6)13(16(2,3)4)10-12(11)14(18)7-8-17-5/h9-10,17H,7-8H2,1-6H3. The number of aryl methyl sites for hydroxylation is 1. The minimum atomic E-state index is -0.0446. The van der Waals surface area contributed by atoms with Gasteiger partial charge in [-0.1, -0.05) is 20.8 Å². The highest BCUT2D eigenvalue weighted by molar-refractivity contribution is 5.98. The number of benzene rings is 1. The van der Waals surface area contributed by atoms with Crippen molar-refractivity contribution in [1.29, 1.82) is 0 Å². The van der Waals surface area contributed by atoms with E-state index in [0.717, 1.165) is 22.4 Å². The summed E-state index contributed by atoms with van der Waals surface area (Å²) >= 11 is 0. The molecule has 3 heteroatoms. The highest BCUT2D eigenvalue weighted by Crippen LogP contribution is 2.33. The van der Waals surface area contributed by atoms with E-state index < -0.39 is 0 Å². The summed E-state index contributed by atoms with van der Waals surface area (Å²) in [5.74, 6) is 1.04. The third-order valence-corrected chi connectivity index (χ3v) is 3.26. The van der Waals surface area contributed by atoms with E-state index in [9.17, 15) is 4.79 Å². The van der Waals surface area contributed by atoms with Crippen molar-refractivity contribution in [3.8, 4) is 5.75 Å². The van der Waals surface area contributed by atoms with E-state index >= 15 is 0 Å². The van der Waals surface area contributed by atoms with Crippen LogP contribution in [0.25, 0.3) is 0 Å². The molecule has 0 fully saturated rings. The van der Waals surface area contributed by atoms with E-state index in [1.54, 1.807) is 7.11 Å². The van der Waals surface area contributed by atoms with Gasteiger partial charge in [0.25, 0.3) is 0 Å². The van der Waals surface area contributed by atoms with Crippen molar-refractivity contribution < 1.29 is 9.53 Å². The Balaban J connectivity index is 3.24. The summed E-state index contributed by atoms with van der Waals surface area (Å²) in [4.78, 5) is 12.2. The highest BCUT2D eigenvalue weighted by atomic mass is 16.5. The van der Waals surface area contributed by atoms with Crippen LogP contribution in [0.15, 0.2) is 12.1 Å². The second-order valence-electron chi connectivity index (χ2n) is 5.89. The maximum Gasteiger partial charge on any atom is 0.164 e. The fraction of sp³-hybridized carbons (Fsp3) is 0.562. The lowest BCUT2D eigenvalue weighted by Gasteiger charge is -2.23. The predicted octanol–water partition coefficient (Wildman–Crippen LogP) is 3.09. The molecule has 0 radical (unpaired) electrons. The SMILES string of the molecule is CNCCC(=O)c1cc(C(C)(C)C)c(OC)cc1C. The second kappa shape index (κ2) is 6.20. The van der Waals surface area contributed by atoms with Gasteiger partial charge in [0.2, 0.25) is 0 Å². The summed E-state index contributed by atoms with van der Waals surface area (Å²) in [6.07, 6.45) is 0.521. The molecule has 0 unspecified atom stereocenters. The summed E-state index contributed by atoms with van der Waals surface area (Å²) in [7, 11) is 3.53. The van der Waals surface area contributed by atoms with E-state index in [1.165, 1.54) is 0 Å². The smallest absolute Gasteiger partial charge is 0.164 e. The average Bonchev–Trinajstić information content (AvgIpc) is 2.33. The summed E-state index contributed by atoms with van der Waals surface area (Å²) in [5, 5.41) is 3.01. The monoisotopic (exact) mass is 263 g/mol. The fourth-order valence-corrected chi connectivity index (χ4v) is 2.11. The third kappa shape index (κ3) is 3.80. The molecule has 1 N–H and O–H groups in total. The molecule has 0 aromatic heterocycles. The fourth-order valence-electron chi connectivity index (χ4n) is 2.11. The first-order valence-electron chi connectivity index (χ1n) is 6.68. The molecule has 0 heterocycles. The van der Waals surface area contributed by atoms with Crippen molar-refractivity contribution in [3.05, 3.63) is 28.8 Å². The molecule has 1 aromatic rings. The van der Waals surface area contributed by atoms with Crippen LogP contribution in [0.3, 0.4) is 0 Å². The first-order valence-corrected chi connectivity index (χ1v) is 6.68. The number of rotatable bonds is 5. The van der Waals surface area contributed by atoms with Gasteiger partial charge in [0.15, 0.2) is 5.78 Å². The Kier molecular flexibility index (Phi) is 5.12. The molecule has 1 aromatic carbocycles. The van der Waals surface area contributed by atoms with Crippen molar-refractivity contribution in [2.75, 3.05) is 20.7 Å². The van der Waals surface area contributed by atoms with E-state index in [4.69, 9.17) is 4.74 Å². The van der Waals surface area contributed by atoms with Gasteiger partial charge in [-0.3, -0.25) is 4.79 Å². The van der Waals surface area contributed by atoms with Gasteiger partial charge in [-0.25, -0.2) is 0 Å². The van der Waals surface area contributed by atoms with Crippen LogP contribution in [0.4, 0.5) is 0 Å². The first-order chi connectivity index (χ1) is 8.81. The Labute approximate surface area is 116 Å².